The van der Waals surface area contributed by atoms with E-state index < -0.39 is 11.9 Å². The topological polar surface area (TPSA) is 80.2 Å². The lowest BCUT2D eigenvalue weighted by Crippen LogP contribution is -2.24. The zero-order chi connectivity index (χ0) is 22.5. The van der Waals surface area contributed by atoms with Crippen LogP contribution in [0, 0.1) is 5.82 Å². The number of carbonyl (C=O) groups excluding carboxylic acids is 2. The molecule has 1 unspecified atom stereocenters. The van der Waals surface area contributed by atoms with Crippen molar-refractivity contribution in [1.82, 2.24) is 5.48 Å². The van der Waals surface area contributed by atoms with E-state index in [4.69, 9.17) is 9.57 Å². The number of hydrogen-bond acceptors (Lipinski definition) is 7. The Labute approximate surface area is 189 Å². The molecule has 2 atom stereocenters. The fraction of sp³-hybridized carbons (Fsp3) is 0.348. The Balaban J connectivity index is 1.37. The first-order valence-electron chi connectivity index (χ1n) is 10.4. The van der Waals surface area contributed by atoms with Crippen LogP contribution in [-0.4, -0.2) is 42.8 Å². The summed E-state index contributed by atoms with van der Waals surface area (Å²) in [6.45, 7) is 1.82. The molecule has 2 aliphatic rings. The molecule has 1 N–H and O–H groups in total. The Kier molecular flexibility index (Phi) is 7.06. The molecule has 0 bridgehead atoms. The molecule has 32 heavy (non-hydrogen) atoms. The van der Waals surface area contributed by atoms with E-state index in [0.717, 1.165) is 22.6 Å². The second-order valence-corrected chi connectivity index (χ2v) is 8.77. The molecule has 7 nitrogen and oxygen atoms in total. The van der Waals surface area contributed by atoms with Gasteiger partial charge in [0.2, 0.25) is 0 Å². The Morgan fingerprint density at radius 3 is 2.78 bits per heavy atom. The predicted octanol–water partition coefficient (Wildman–Crippen LogP) is 4.31. The zero-order valence-corrected chi connectivity index (χ0v) is 18.4. The summed E-state index contributed by atoms with van der Waals surface area (Å²) in [5.41, 5.74) is 5.60. The standard InChI is InChI=1S/C23H24FN3O4S/c1-15(28)2-8-19-11-27(23(29)31-19)18-7-9-20(21(24)10-18)17-5-3-16(4-6-17)12-32-13-22-25-14-30-26-22/h3-7,9-10,14,19,22,26H,2,8,11-13H2,1H3/t19-,22?/m0/s1. The minimum atomic E-state index is -0.516. The third-order valence-electron chi connectivity index (χ3n) is 5.26. The van der Waals surface area contributed by atoms with Crippen LogP contribution in [0.4, 0.5) is 14.9 Å². The number of carbonyl (C=O) groups is 2. The molecule has 0 aromatic heterocycles. The number of rotatable bonds is 9. The van der Waals surface area contributed by atoms with Crippen LogP contribution < -0.4 is 10.4 Å². The molecule has 2 aromatic carbocycles. The quantitative estimate of drug-likeness (QED) is 0.605. The SMILES string of the molecule is CC(=O)CC[C@H]1CN(c2ccc(-c3ccc(CSCC4N=CON4)cc3)c(F)c2)C(=O)O1. The van der Waals surface area contributed by atoms with E-state index in [1.807, 2.05) is 24.3 Å². The van der Waals surface area contributed by atoms with Gasteiger partial charge in [0.25, 0.3) is 0 Å². The van der Waals surface area contributed by atoms with Gasteiger partial charge in [-0.1, -0.05) is 24.3 Å². The van der Waals surface area contributed by atoms with Crippen LogP contribution in [0.5, 0.6) is 0 Å². The lowest BCUT2D eigenvalue weighted by Gasteiger charge is -2.14. The smallest absolute Gasteiger partial charge is 0.414 e. The fourth-order valence-corrected chi connectivity index (χ4v) is 4.47. The van der Waals surface area contributed by atoms with Crippen LogP contribution in [0.15, 0.2) is 47.5 Å². The Hall–Kier alpha value is -2.91. The number of nitrogens with one attached hydrogen (secondary N) is 1. The number of thioether (sulfide) groups is 1. The van der Waals surface area contributed by atoms with Crippen molar-refractivity contribution in [2.75, 3.05) is 17.2 Å². The van der Waals surface area contributed by atoms with E-state index in [2.05, 4.69) is 10.5 Å². The van der Waals surface area contributed by atoms with Gasteiger partial charge in [0.05, 0.1) is 12.2 Å². The molecular formula is C23H24FN3O4S. The van der Waals surface area contributed by atoms with E-state index in [0.29, 0.717) is 30.6 Å². The first-order chi connectivity index (χ1) is 15.5. The fourth-order valence-electron chi connectivity index (χ4n) is 3.54. The van der Waals surface area contributed by atoms with E-state index in [1.54, 1.807) is 23.9 Å². The lowest BCUT2D eigenvalue weighted by atomic mass is 10.0. The number of Topliss-reactive ketones (excluding diaryl/α,β-unsaturated/α-hetero) is 1. The maximum Gasteiger partial charge on any atom is 0.414 e. The van der Waals surface area contributed by atoms with E-state index in [-0.39, 0.29) is 18.1 Å². The molecule has 1 fully saturated rings. The number of ketones is 1. The number of cyclic esters (lactones) is 1. The second-order valence-electron chi connectivity index (χ2n) is 7.74. The number of amides is 1. The molecule has 0 aliphatic carbocycles. The zero-order valence-electron chi connectivity index (χ0n) is 17.6. The van der Waals surface area contributed by atoms with Gasteiger partial charge in [0, 0.05) is 23.5 Å². The first kappa shape index (κ1) is 22.3. The lowest BCUT2D eigenvalue weighted by molar-refractivity contribution is -0.117. The van der Waals surface area contributed by atoms with E-state index >= 15 is 0 Å². The van der Waals surface area contributed by atoms with Gasteiger partial charge in [-0.25, -0.2) is 14.2 Å². The van der Waals surface area contributed by atoms with Gasteiger partial charge in [-0.3, -0.25) is 4.90 Å². The monoisotopic (exact) mass is 457 g/mol. The summed E-state index contributed by atoms with van der Waals surface area (Å²) in [5.74, 6) is 1.25. The van der Waals surface area contributed by atoms with Gasteiger partial charge in [0.15, 0.2) is 6.40 Å². The maximum atomic E-state index is 14.9. The molecule has 0 saturated carbocycles. The van der Waals surface area contributed by atoms with Crippen molar-refractivity contribution in [1.29, 1.82) is 0 Å². The predicted molar refractivity (Wildman–Crippen MR) is 122 cm³/mol. The van der Waals surface area contributed by atoms with Crippen LogP contribution >= 0.6 is 11.8 Å². The van der Waals surface area contributed by atoms with Gasteiger partial charge in [-0.15, -0.1) is 5.48 Å². The highest BCUT2D eigenvalue weighted by atomic mass is 32.2. The van der Waals surface area contributed by atoms with Crippen LogP contribution in [0.1, 0.15) is 25.3 Å². The number of anilines is 1. The van der Waals surface area contributed by atoms with Crippen molar-refractivity contribution in [2.24, 2.45) is 4.99 Å². The highest BCUT2D eigenvalue weighted by molar-refractivity contribution is 7.98. The van der Waals surface area contributed by atoms with Gasteiger partial charge in [0.1, 0.15) is 23.9 Å². The van der Waals surface area contributed by atoms with Gasteiger partial charge >= 0.3 is 6.09 Å². The molecule has 2 aliphatic heterocycles. The molecule has 4 rings (SSSR count). The first-order valence-corrected chi connectivity index (χ1v) is 11.5. The molecular weight excluding hydrogens is 433 g/mol. The van der Waals surface area contributed by atoms with Gasteiger partial charge < -0.3 is 14.4 Å². The summed E-state index contributed by atoms with van der Waals surface area (Å²) in [5, 5.41) is 0. The highest BCUT2D eigenvalue weighted by Gasteiger charge is 2.32. The van der Waals surface area contributed by atoms with Crippen molar-refractivity contribution >= 4 is 35.7 Å². The number of hydroxylamine groups is 1. The largest absolute Gasteiger partial charge is 0.444 e. The van der Waals surface area contributed by atoms with Gasteiger partial charge in [-0.2, -0.15) is 11.8 Å². The van der Waals surface area contributed by atoms with Crippen molar-refractivity contribution in [3.63, 3.8) is 0 Å². The van der Waals surface area contributed by atoms with Crippen LogP contribution in [0.2, 0.25) is 0 Å². The van der Waals surface area contributed by atoms with Crippen LogP contribution in [0.25, 0.3) is 11.1 Å². The molecule has 0 spiro atoms. The minimum absolute atomic E-state index is 0.0239. The summed E-state index contributed by atoms with van der Waals surface area (Å²) < 4.78 is 20.2. The molecule has 9 heteroatoms. The van der Waals surface area contributed by atoms with Crippen LogP contribution in [0.3, 0.4) is 0 Å². The van der Waals surface area contributed by atoms with Crippen molar-refractivity contribution < 1.29 is 23.6 Å². The summed E-state index contributed by atoms with van der Waals surface area (Å²) in [4.78, 5) is 33.7. The van der Waals surface area contributed by atoms with E-state index in [1.165, 1.54) is 24.3 Å². The third-order valence-corrected chi connectivity index (χ3v) is 6.35. The second kappa shape index (κ2) is 10.1. The Morgan fingerprint density at radius 1 is 1.28 bits per heavy atom. The Bertz CT molecular complexity index is 1010. The van der Waals surface area contributed by atoms with Crippen molar-refractivity contribution in [3.8, 4) is 11.1 Å². The molecule has 0 radical (unpaired) electrons. The average Bonchev–Trinajstić information content (AvgIpc) is 3.42. The molecule has 1 amide bonds. The van der Waals surface area contributed by atoms with Crippen molar-refractivity contribution in [3.05, 3.63) is 53.8 Å². The average molecular weight is 458 g/mol. The minimum Gasteiger partial charge on any atom is -0.444 e. The number of halogens is 1. The third kappa shape index (κ3) is 5.46. The number of hydrogen-bond donors (Lipinski definition) is 1. The summed E-state index contributed by atoms with van der Waals surface area (Å²) in [6, 6.07) is 12.5. The molecule has 168 valence electrons. The summed E-state index contributed by atoms with van der Waals surface area (Å²) in [7, 11) is 0. The number of ether oxygens (including phenoxy) is 1. The maximum absolute atomic E-state index is 14.9. The number of aliphatic imine (C=N–C) groups is 1. The number of nitrogens with zero attached hydrogens (tertiary/aromatic N) is 2. The van der Waals surface area contributed by atoms with Crippen molar-refractivity contribution in [2.45, 2.75) is 37.8 Å². The van der Waals surface area contributed by atoms with Gasteiger partial charge in [-0.05, 0) is 42.7 Å². The molecule has 2 aromatic rings. The summed E-state index contributed by atoms with van der Waals surface area (Å²) in [6.07, 6.45) is 1.33. The summed E-state index contributed by atoms with van der Waals surface area (Å²) >= 11 is 1.73. The Morgan fingerprint density at radius 2 is 2.09 bits per heavy atom. The normalized spacial score (nSPS) is 19.8. The number of benzene rings is 2. The van der Waals surface area contributed by atoms with E-state index in [9.17, 15) is 14.0 Å². The molecule has 1 saturated heterocycles. The highest BCUT2D eigenvalue weighted by Crippen LogP contribution is 2.30. The van der Waals surface area contributed by atoms with Crippen LogP contribution in [-0.2, 0) is 20.1 Å². The molecule has 2 heterocycles.